The van der Waals surface area contributed by atoms with E-state index >= 15 is 0 Å². The molecule has 0 amide bonds. The summed E-state index contributed by atoms with van der Waals surface area (Å²) in [5.74, 6) is -0.229. The number of aromatic hydroxyl groups is 1. The number of anilines is 1. The van der Waals surface area contributed by atoms with E-state index in [0.29, 0.717) is 16.6 Å². The molecule has 0 atom stereocenters. The zero-order valence-electron chi connectivity index (χ0n) is 18.5. The maximum absolute atomic E-state index is 12.9. The first-order chi connectivity index (χ1) is 16.1. The Hall–Kier alpha value is -4.25. The number of azo groups is 1. The maximum atomic E-state index is 12.9. The number of fused-ring (bicyclic) bond motifs is 1. The van der Waals surface area contributed by atoms with Crippen LogP contribution in [0.5, 0.6) is 5.88 Å². The predicted octanol–water partition coefficient (Wildman–Crippen LogP) is 5.92. The summed E-state index contributed by atoms with van der Waals surface area (Å²) in [6, 6.07) is 13.9. The Bertz CT molecular complexity index is 1570. The van der Waals surface area contributed by atoms with Crippen LogP contribution in [0.25, 0.3) is 10.9 Å². The van der Waals surface area contributed by atoms with E-state index in [-0.39, 0.29) is 22.2 Å². The van der Waals surface area contributed by atoms with Crippen molar-refractivity contribution in [3.8, 4) is 5.88 Å². The molecule has 4 aromatic rings. The van der Waals surface area contributed by atoms with E-state index in [1.54, 1.807) is 31.2 Å². The Labute approximate surface area is 195 Å². The van der Waals surface area contributed by atoms with Gasteiger partial charge in [0.15, 0.2) is 11.4 Å². The number of para-hydroxylation sites is 1. The smallest absolute Gasteiger partial charge is 0.298 e. The highest BCUT2D eigenvalue weighted by atomic mass is 32.2. The molecule has 3 aromatic carbocycles. The first kappa shape index (κ1) is 22.9. The van der Waals surface area contributed by atoms with Crippen molar-refractivity contribution in [3.63, 3.8) is 0 Å². The number of nitro groups is 1. The van der Waals surface area contributed by atoms with Gasteiger partial charge < -0.3 is 10.1 Å². The minimum Gasteiger partial charge on any atom is -0.493 e. The van der Waals surface area contributed by atoms with Crippen LogP contribution in [0.1, 0.15) is 16.7 Å². The van der Waals surface area contributed by atoms with Gasteiger partial charge in [-0.1, -0.05) is 35.9 Å². The highest BCUT2D eigenvalue weighted by molar-refractivity contribution is 7.92. The van der Waals surface area contributed by atoms with Gasteiger partial charge in [-0.15, -0.1) is 10.2 Å². The molecule has 34 heavy (non-hydrogen) atoms. The second-order valence-electron chi connectivity index (χ2n) is 7.85. The predicted molar refractivity (Wildman–Crippen MR) is 129 cm³/mol. The van der Waals surface area contributed by atoms with Crippen molar-refractivity contribution in [3.05, 3.63) is 81.4 Å². The number of rotatable bonds is 6. The van der Waals surface area contributed by atoms with Gasteiger partial charge in [-0.2, -0.15) is 0 Å². The lowest BCUT2D eigenvalue weighted by atomic mass is 10.1. The second kappa shape index (κ2) is 8.60. The van der Waals surface area contributed by atoms with Crippen LogP contribution in [0.2, 0.25) is 0 Å². The summed E-state index contributed by atoms with van der Waals surface area (Å²) < 4.78 is 28.2. The van der Waals surface area contributed by atoms with E-state index in [9.17, 15) is 23.6 Å². The van der Waals surface area contributed by atoms with E-state index in [1.165, 1.54) is 12.1 Å². The lowest BCUT2D eigenvalue weighted by Gasteiger charge is -2.11. The molecule has 10 nitrogen and oxygen atoms in total. The van der Waals surface area contributed by atoms with Gasteiger partial charge in [0.05, 0.1) is 21.0 Å². The van der Waals surface area contributed by atoms with Gasteiger partial charge in [0.25, 0.3) is 15.7 Å². The van der Waals surface area contributed by atoms with Crippen molar-refractivity contribution in [1.82, 2.24) is 4.98 Å². The van der Waals surface area contributed by atoms with Crippen LogP contribution >= 0.6 is 0 Å². The summed E-state index contributed by atoms with van der Waals surface area (Å²) in [5.41, 5.74) is 3.05. The molecule has 0 saturated carbocycles. The number of hydrogen-bond acceptors (Lipinski definition) is 7. The van der Waals surface area contributed by atoms with Crippen LogP contribution in [-0.2, 0) is 10.0 Å². The third-order valence-electron chi connectivity index (χ3n) is 5.33. The normalized spacial score (nSPS) is 11.9. The molecule has 3 N–H and O–H groups in total. The highest BCUT2D eigenvalue weighted by Crippen LogP contribution is 2.39. The third-order valence-corrected chi connectivity index (χ3v) is 6.70. The van der Waals surface area contributed by atoms with Gasteiger partial charge in [-0.3, -0.25) is 14.8 Å². The average molecular weight is 480 g/mol. The fourth-order valence-electron chi connectivity index (χ4n) is 3.57. The number of benzene rings is 3. The number of nitrogens with zero attached hydrogens (tertiary/aromatic N) is 3. The van der Waals surface area contributed by atoms with Crippen molar-refractivity contribution >= 4 is 43.7 Å². The Morgan fingerprint density at radius 2 is 1.76 bits per heavy atom. The number of nitrogens with one attached hydrogen (secondary N) is 2. The second-order valence-corrected chi connectivity index (χ2v) is 9.53. The van der Waals surface area contributed by atoms with Gasteiger partial charge in [0.1, 0.15) is 0 Å². The maximum Gasteiger partial charge on any atom is 0.298 e. The molecule has 0 aliphatic heterocycles. The van der Waals surface area contributed by atoms with Gasteiger partial charge in [-0.05, 0) is 50.1 Å². The summed E-state index contributed by atoms with van der Waals surface area (Å²) in [4.78, 5) is 13.5. The largest absolute Gasteiger partial charge is 0.493 e. The molecule has 0 unspecified atom stereocenters. The lowest BCUT2D eigenvalue weighted by molar-refractivity contribution is -0.384. The van der Waals surface area contributed by atoms with E-state index in [4.69, 9.17) is 0 Å². The Morgan fingerprint density at radius 3 is 2.47 bits per heavy atom. The van der Waals surface area contributed by atoms with E-state index in [2.05, 4.69) is 19.9 Å². The zero-order valence-corrected chi connectivity index (χ0v) is 19.3. The molecule has 4 rings (SSSR count). The Morgan fingerprint density at radius 1 is 1.00 bits per heavy atom. The van der Waals surface area contributed by atoms with Crippen molar-refractivity contribution in [2.45, 2.75) is 25.7 Å². The number of nitro benzene ring substituents is 1. The van der Waals surface area contributed by atoms with Crippen LogP contribution in [0.15, 0.2) is 69.7 Å². The molecule has 0 saturated heterocycles. The Balaban J connectivity index is 1.71. The van der Waals surface area contributed by atoms with Crippen molar-refractivity contribution in [1.29, 1.82) is 0 Å². The van der Waals surface area contributed by atoms with E-state index in [1.807, 2.05) is 26.0 Å². The first-order valence-corrected chi connectivity index (χ1v) is 11.7. The quantitative estimate of drug-likeness (QED) is 0.178. The first-order valence-electron chi connectivity index (χ1n) is 10.2. The molecule has 0 fully saturated rings. The lowest BCUT2D eigenvalue weighted by Crippen LogP contribution is -2.14. The molecule has 0 aliphatic carbocycles. The molecule has 0 spiro atoms. The SMILES string of the molecule is Cc1ccc(NS(=O)(=O)c2ccc(N=Nc3c(O)[nH]c4c(C)cccc34)c([N+](=O)[O-])c2)c(C)c1. The molecule has 11 heteroatoms. The number of H-pyrrole nitrogens is 1. The van der Waals surface area contributed by atoms with Crippen LogP contribution in [0.4, 0.5) is 22.7 Å². The summed E-state index contributed by atoms with van der Waals surface area (Å²) in [6.45, 7) is 5.51. The number of sulfonamides is 1. The molecule has 0 bridgehead atoms. The topological polar surface area (TPSA) is 150 Å². The fourth-order valence-corrected chi connectivity index (χ4v) is 4.72. The molecule has 174 valence electrons. The number of hydrogen-bond donors (Lipinski definition) is 3. The van der Waals surface area contributed by atoms with Crippen LogP contribution in [-0.4, -0.2) is 23.4 Å². The molecule has 1 aromatic heterocycles. The summed E-state index contributed by atoms with van der Waals surface area (Å²) in [5, 5.41) is 30.4. The zero-order chi connectivity index (χ0) is 24.6. The minimum atomic E-state index is -4.09. The summed E-state index contributed by atoms with van der Waals surface area (Å²) in [7, 11) is -4.09. The summed E-state index contributed by atoms with van der Waals surface area (Å²) >= 11 is 0. The fraction of sp³-hybridized carbons (Fsp3) is 0.130. The Kier molecular flexibility index (Phi) is 5.80. The highest BCUT2D eigenvalue weighted by Gasteiger charge is 2.22. The van der Waals surface area contributed by atoms with E-state index < -0.39 is 20.6 Å². The van der Waals surface area contributed by atoms with Gasteiger partial charge >= 0.3 is 0 Å². The van der Waals surface area contributed by atoms with E-state index in [0.717, 1.165) is 22.8 Å². The summed E-state index contributed by atoms with van der Waals surface area (Å²) in [6.07, 6.45) is 0. The van der Waals surface area contributed by atoms with Crippen molar-refractivity contribution < 1.29 is 18.4 Å². The minimum absolute atomic E-state index is 0.126. The van der Waals surface area contributed by atoms with Crippen molar-refractivity contribution in [2.75, 3.05) is 4.72 Å². The van der Waals surface area contributed by atoms with Crippen LogP contribution < -0.4 is 4.72 Å². The standard InChI is InChI=1S/C23H21N5O5S/c1-13-7-9-18(15(3)11-13)27-34(32,33)16-8-10-19(20(12-16)28(30)31)25-26-22-17-6-4-5-14(2)21(17)24-23(22)29/h4-12,24,27,29H,1-3H3. The van der Waals surface area contributed by atoms with Gasteiger partial charge in [0, 0.05) is 11.5 Å². The van der Waals surface area contributed by atoms with Gasteiger partial charge in [-0.25, -0.2) is 8.42 Å². The number of aryl methyl sites for hydroxylation is 3. The molecular weight excluding hydrogens is 458 g/mol. The third kappa shape index (κ3) is 4.33. The molecule has 0 aliphatic rings. The van der Waals surface area contributed by atoms with Gasteiger partial charge in [0.2, 0.25) is 5.88 Å². The molecule has 1 heterocycles. The van der Waals surface area contributed by atoms with Crippen LogP contribution in [0.3, 0.4) is 0 Å². The monoisotopic (exact) mass is 479 g/mol. The average Bonchev–Trinajstić information content (AvgIpc) is 3.10. The van der Waals surface area contributed by atoms with Crippen molar-refractivity contribution in [2.24, 2.45) is 10.2 Å². The number of aromatic nitrogens is 1. The molecular formula is C23H21N5O5S. The van der Waals surface area contributed by atoms with Crippen LogP contribution in [0, 0.1) is 30.9 Å². The molecule has 0 radical (unpaired) electrons. The number of aromatic amines is 1.